The van der Waals surface area contributed by atoms with E-state index in [2.05, 4.69) is 15.9 Å². The molecule has 0 aliphatic carbocycles. The van der Waals surface area contributed by atoms with Gasteiger partial charge in [0.1, 0.15) is 0 Å². The van der Waals surface area contributed by atoms with Crippen LogP contribution in [0, 0.1) is 0 Å². The van der Waals surface area contributed by atoms with Crippen molar-refractivity contribution < 1.29 is 9.59 Å². The van der Waals surface area contributed by atoms with E-state index in [9.17, 15) is 9.59 Å². The van der Waals surface area contributed by atoms with Gasteiger partial charge in [-0.1, -0.05) is 39.7 Å². The molecule has 0 aromatic heterocycles. The Morgan fingerprint density at radius 1 is 1.19 bits per heavy atom. The number of rotatable bonds is 1. The molecule has 106 valence electrons. The summed E-state index contributed by atoms with van der Waals surface area (Å²) in [4.78, 5) is 26.3. The molecule has 1 aliphatic heterocycles. The van der Waals surface area contributed by atoms with Gasteiger partial charge < -0.3 is 4.90 Å². The third-order valence-electron chi connectivity index (χ3n) is 3.41. The predicted octanol–water partition coefficient (Wildman–Crippen LogP) is 4.34. The Labute approximate surface area is 135 Å². The molecule has 5 heteroatoms. The average molecular weight is 365 g/mol. The van der Waals surface area contributed by atoms with Gasteiger partial charge in [0.25, 0.3) is 5.91 Å². The molecular formula is C16H11BrClNO2. The second kappa shape index (κ2) is 5.62. The largest absolute Gasteiger partial charge is 0.307 e. The highest BCUT2D eigenvalue weighted by Crippen LogP contribution is 2.29. The first-order valence-electron chi connectivity index (χ1n) is 6.46. The second-order valence-electron chi connectivity index (χ2n) is 4.81. The lowest BCUT2D eigenvalue weighted by Crippen LogP contribution is -2.37. The molecule has 0 atom stereocenters. The van der Waals surface area contributed by atoms with Crippen molar-refractivity contribution in [1.82, 2.24) is 0 Å². The summed E-state index contributed by atoms with van der Waals surface area (Å²) in [5.74, 6) is -0.0833. The highest BCUT2D eigenvalue weighted by Gasteiger charge is 2.27. The topological polar surface area (TPSA) is 37.4 Å². The zero-order valence-electron chi connectivity index (χ0n) is 11.0. The van der Waals surface area contributed by atoms with Crippen LogP contribution in [0.1, 0.15) is 27.1 Å². The van der Waals surface area contributed by atoms with Crippen LogP contribution >= 0.6 is 27.5 Å². The fourth-order valence-electron chi connectivity index (χ4n) is 2.46. The summed E-state index contributed by atoms with van der Waals surface area (Å²) >= 11 is 9.34. The van der Waals surface area contributed by atoms with E-state index >= 15 is 0 Å². The van der Waals surface area contributed by atoms with Crippen LogP contribution in [0.5, 0.6) is 0 Å². The quantitative estimate of drug-likeness (QED) is 0.755. The van der Waals surface area contributed by atoms with E-state index in [1.165, 1.54) is 0 Å². The Kier molecular flexibility index (Phi) is 3.83. The molecule has 0 saturated heterocycles. The number of Topliss-reactive ketones (excluding diaryl/α,β-unsaturated/α-hetero) is 1. The molecule has 0 unspecified atom stereocenters. The summed E-state index contributed by atoms with van der Waals surface area (Å²) in [7, 11) is 0. The van der Waals surface area contributed by atoms with Gasteiger partial charge in [-0.05, 0) is 30.3 Å². The first-order chi connectivity index (χ1) is 10.1. The van der Waals surface area contributed by atoms with Crippen molar-refractivity contribution in [3.05, 3.63) is 63.1 Å². The Bertz CT molecular complexity index is 725. The number of fused-ring (bicyclic) bond motifs is 1. The molecule has 0 bridgehead atoms. The third kappa shape index (κ3) is 2.74. The van der Waals surface area contributed by atoms with Crippen molar-refractivity contribution in [3.8, 4) is 0 Å². The van der Waals surface area contributed by atoms with Crippen LogP contribution in [0.2, 0.25) is 5.02 Å². The number of ketones is 1. The molecule has 3 rings (SSSR count). The van der Waals surface area contributed by atoms with E-state index in [0.717, 1.165) is 4.47 Å². The molecule has 0 N–H and O–H groups in total. The van der Waals surface area contributed by atoms with Gasteiger partial charge in [0, 0.05) is 33.6 Å². The smallest absolute Gasteiger partial charge is 0.258 e. The lowest BCUT2D eigenvalue weighted by atomic mass is 9.99. The van der Waals surface area contributed by atoms with Gasteiger partial charge in [0.2, 0.25) is 0 Å². The van der Waals surface area contributed by atoms with Gasteiger partial charge in [-0.3, -0.25) is 9.59 Å². The summed E-state index contributed by atoms with van der Waals surface area (Å²) in [6.45, 7) is 0.388. The molecular weight excluding hydrogens is 354 g/mol. The SMILES string of the molecule is O=C1CCN(C(=O)c2cc(Cl)cc(Br)c2)c2ccccc21. The Hall–Kier alpha value is -1.65. The minimum absolute atomic E-state index is 0.0712. The fraction of sp³-hybridized carbons (Fsp3) is 0.125. The van der Waals surface area contributed by atoms with Crippen molar-refractivity contribution in [1.29, 1.82) is 0 Å². The number of halogens is 2. The first kappa shape index (κ1) is 14.3. The maximum absolute atomic E-state index is 12.7. The molecule has 2 aromatic rings. The van der Waals surface area contributed by atoms with Crippen LogP contribution in [0.25, 0.3) is 0 Å². The number of carbonyl (C=O) groups excluding carboxylic acids is 2. The monoisotopic (exact) mass is 363 g/mol. The van der Waals surface area contributed by atoms with E-state index in [-0.39, 0.29) is 11.7 Å². The zero-order valence-corrected chi connectivity index (χ0v) is 13.3. The highest BCUT2D eigenvalue weighted by atomic mass is 79.9. The van der Waals surface area contributed by atoms with Gasteiger partial charge in [-0.2, -0.15) is 0 Å². The van der Waals surface area contributed by atoms with E-state index in [4.69, 9.17) is 11.6 Å². The summed E-state index contributed by atoms with van der Waals surface area (Å²) in [6, 6.07) is 12.3. The molecule has 0 saturated carbocycles. The van der Waals surface area contributed by atoms with Gasteiger partial charge in [-0.25, -0.2) is 0 Å². The summed E-state index contributed by atoms with van der Waals surface area (Å²) in [5, 5.41) is 0.495. The predicted molar refractivity (Wildman–Crippen MR) is 86.2 cm³/mol. The zero-order chi connectivity index (χ0) is 15.0. The van der Waals surface area contributed by atoms with E-state index in [1.807, 2.05) is 6.07 Å². The molecule has 3 nitrogen and oxygen atoms in total. The van der Waals surface area contributed by atoms with Crippen molar-refractivity contribution in [3.63, 3.8) is 0 Å². The highest BCUT2D eigenvalue weighted by molar-refractivity contribution is 9.10. The normalized spacial score (nSPS) is 14.0. The number of anilines is 1. The molecule has 2 aromatic carbocycles. The standard InChI is InChI=1S/C16H11BrClNO2/c17-11-7-10(8-12(18)9-11)16(21)19-6-5-15(20)13-3-1-2-4-14(13)19/h1-4,7-9H,5-6H2. The molecule has 21 heavy (non-hydrogen) atoms. The van der Waals surface area contributed by atoms with E-state index in [1.54, 1.807) is 41.3 Å². The molecule has 0 radical (unpaired) electrons. The van der Waals surface area contributed by atoms with Crippen LogP contribution < -0.4 is 4.90 Å². The maximum Gasteiger partial charge on any atom is 0.258 e. The van der Waals surface area contributed by atoms with Crippen molar-refractivity contribution in [2.75, 3.05) is 11.4 Å². The number of amides is 1. The summed E-state index contributed by atoms with van der Waals surface area (Å²) in [6.07, 6.45) is 0.338. The van der Waals surface area contributed by atoms with Crippen LogP contribution in [0.15, 0.2) is 46.9 Å². The molecule has 0 spiro atoms. The molecule has 0 fully saturated rings. The number of nitrogens with zero attached hydrogens (tertiary/aromatic N) is 1. The third-order valence-corrected chi connectivity index (χ3v) is 4.09. The number of benzene rings is 2. The minimum Gasteiger partial charge on any atom is -0.307 e. The van der Waals surface area contributed by atoms with Gasteiger partial charge in [0.15, 0.2) is 5.78 Å². The molecule has 1 heterocycles. The Morgan fingerprint density at radius 2 is 1.95 bits per heavy atom. The summed E-state index contributed by atoms with van der Waals surface area (Å²) in [5.41, 5.74) is 1.76. The van der Waals surface area contributed by atoms with E-state index in [0.29, 0.717) is 34.8 Å². The Morgan fingerprint density at radius 3 is 2.71 bits per heavy atom. The van der Waals surface area contributed by atoms with Gasteiger partial charge in [0.05, 0.1) is 5.69 Å². The van der Waals surface area contributed by atoms with Crippen LogP contribution in [-0.4, -0.2) is 18.2 Å². The van der Waals surface area contributed by atoms with Crippen LogP contribution in [0.3, 0.4) is 0 Å². The number of hydrogen-bond donors (Lipinski definition) is 0. The minimum atomic E-state index is -0.154. The van der Waals surface area contributed by atoms with Crippen molar-refractivity contribution >= 4 is 44.9 Å². The Balaban J connectivity index is 2.03. The molecule has 1 amide bonds. The van der Waals surface area contributed by atoms with Crippen molar-refractivity contribution in [2.45, 2.75) is 6.42 Å². The number of para-hydroxylation sites is 1. The van der Waals surface area contributed by atoms with Crippen LogP contribution in [0.4, 0.5) is 5.69 Å². The molecule has 1 aliphatic rings. The summed E-state index contributed by atoms with van der Waals surface area (Å²) < 4.78 is 0.750. The van der Waals surface area contributed by atoms with Crippen LogP contribution in [-0.2, 0) is 0 Å². The lowest BCUT2D eigenvalue weighted by molar-refractivity contribution is 0.0955. The average Bonchev–Trinajstić information content (AvgIpc) is 2.46. The first-order valence-corrected chi connectivity index (χ1v) is 7.63. The number of carbonyl (C=O) groups is 2. The maximum atomic E-state index is 12.7. The lowest BCUT2D eigenvalue weighted by Gasteiger charge is -2.28. The number of hydrogen-bond acceptors (Lipinski definition) is 2. The van der Waals surface area contributed by atoms with Gasteiger partial charge in [-0.15, -0.1) is 0 Å². The second-order valence-corrected chi connectivity index (χ2v) is 6.16. The van der Waals surface area contributed by atoms with E-state index < -0.39 is 0 Å². The van der Waals surface area contributed by atoms with Gasteiger partial charge >= 0.3 is 0 Å². The van der Waals surface area contributed by atoms with Crippen molar-refractivity contribution in [2.24, 2.45) is 0 Å². The fourth-order valence-corrected chi connectivity index (χ4v) is 3.32.